The van der Waals surface area contributed by atoms with Crippen LogP contribution in [0, 0.1) is 5.92 Å². The Bertz CT molecular complexity index is 745. The molecular weight excluding hydrogens is 270 g/mol. The highest BCUT2D eigenvalue weighted by atomic mass is 28.3. The molecule has 2 heteroatoms. The summed E-state index contributed by atoms with van der Waals surface area (Å²) >= 11 is 0. The maximum atomic E-state index is 3.94. The zero-order valence-electron chi connectivity index (χ0n) is 13.7. The van der Waals surface area contributed by atoms with Crippen LogP contribution < -0.4 is 15.4 Å². The Labute approximate surface area is 128 Å². The number of allylic oxidation sites excluding steroid dienone is 4. The van der Waals surface area contributed by atoms with E-state index in [9.17, 15) is 0 Å². The van der Waals surface area contributed by atoms with E-state index in [1.165, 1.54) is 16.0 Å². The molecule has 0 bridgehead atoms. The first kappa shape index (κ1) is 14.5. The molecule has 2 aliphatic carbocycles. The van der Waals surface area contributed by atoms with Gasteiger partial charge in [0.05, 0.1) is 0 Å². The smallest absolute Gasteiger partial charge is 0.149 e. The standard InChI is InChI=1S/C19H25NSi/c1-19(2,3)20-21(4,5)18-16-12-8-6-10-14(16)15-11-7-9-13-17(15)18/h6-13,16,20H,1-5H3. The molecule has 1 N–H and O–H groups in total. The van der Waals surface area contributed by atoms with Crippen LogP contribution in [0.2, 0.25) is 13.1 Å². The molecular formula is C19H25NSi. The Morgan fingerprint density at radius 1 is 1.00 bits per heavy atom. The average molecular weight is 296 g/mol. The van der Waals surface area contributed by atoms with Crippen molar-refractivity contribution in [1.29, 1.82) is 0 Å². The zero-order chi connectivity index (χ0) is 15.3. The van der Waals surface area contributed by atoms with E-state index in [1.807, 2.05) is 0 Å². The van der Waals surface area contributed by atoms with Crippen LogP contribution >= 0.6 is 0 Å². The summed E-state index contributed by atoms with van der Waals surface area (Å²) in [7, 11) is -1.70. The summed E-state index contributed by atoms with van der Waals surface area (Å²) in [6, 6.07) is 8.90. The van der Waals surface area contributed by atoms with Crippen molar-refractivity contribution in [3.63, 3.8) is 0 Å². The summed E-state index contributed by atoms with van der Waals surface area (Å²) in [5.41, 5.74) is 1.62. The van der Waals surface area contributed by atoms with Gasteiger partial charge >= 0.3 is 0 Å². The molecule has 1 aromatic rings. The van der Waals surface area contributed by atoms with Crippen molar-refractivity contribution in [3.8, 4) is 0 Å². The van der Waals surface area contributed by atoms with Crippen LogP contribution in [0.15, 0.2) is 48.6 Å². The highest BCUT2D eigenvalue weighted by molar-refractivity contribution is 6.91. The molecule has 1 atom stereocenters. The summed E-state index contributed by atoms with van der Waals surface area (Å²) in [5, 5.41) is 4.51. The summed E-state index contributed by atoms with van der Waals surface area (Å²) in [6.07, 6.45) is 9.01. The second kappa shape index (κ2) is 4.82. The van der Waals surface area contributed by atoms with Crippen LogP contribution in [-0.2, 0) is 0 Å². The maximum Gasteiger partial charge on any atom is 0.149 e. The molecule has 0 aliphatic heterocycles. The predicted molar refractivity (Wildman–Crippen MR) is 94.6 cm³/mol. The van der Waals surface area contributed by atoms with Gasteiger partial charge in [-0.05, 0) is 42.0 Å². The molecule has 1 aromatic carbocycles. The minimum atomic E-state index is -1.70. The second-order valence-electron chi connectivity index (χ2n) is 7.64. The lowest BCUT2D eigenvalue weighted by molar-refractivity contribution is 0.515. The van der Waals surface area contributed by atoms with Gasteiger partial charge in [-0.2, -0.15) is 0 Å². The van der Waals surface area contributed by atoms with E-state index in [0.29, 0.717) is 5.92 Å². The Hall–Kier alpha value is -1.38. The SMILES string of the molecule is CC(C)(C)N[Si](C)(C)C1=c2ccccc2=C2C=CC=CC21. The number of hydrogen-bond acceptors (Lipinski definition) is 1. The van der Waals surface area contributed by atoms with Crippen molar-refractivity contribution < 1.29 is 0 Å². The van der Waals surface area contributed by atoms with Crippen LogP contribution in [-0.4, -0.2) is 13.8 Å². The number of hydrogen-bond donors (Lipinski definition) is 1. The van der Waals surface area contributed by atoms with Gasteiger partial charge in [0, 0.05) is 11.5 Å². The molecule has 3 rings (SSSR count). The van der Waals surface area contributed by atoms with Crippen LogP contribution in [0.5, 0.6) is 0 Å². The minimum Gasteiger partial charge on any atom is -0.329 e. The van der Waals surface area contributed by atoms with Gasteiger partial charge in [0.2, 0.25) is 0 Å². The third kappa shape index (κ3) is 2.58. The molecule has 0 aromatic heterocycles. The molecule has 1 unspecified atom stereocenters. The lowest BCUT2D eigenvalue weighted by atomic mass is 9.97. The Morgan fingerprint density at radius 2 is 1.67 bits per heavy atom. The average Bonchev–Trinajstić information content (AvgIpc) is 2.71. The lowest BCUT2D eigenvalue weighted by Crippen LogP contribution is -2.57. The van der Waals surface area contributed by atoms with E-state index in [1.54, 1.807) is 5.20 Å². The quantitative estimate of drug-likeness (QED) is 0.827. The van der Waals surface area contributed by atoms with E-state index in [0.717, 1.165) is 0 Å². The molecule has 0 spiro atoms. The van der Waals surface area contributed by atoms with Crippen molar-refractivity contribution in [3.05, 3.63) is 59.0 Å². The minimum absolute atomic E-state index is 0.147. The van der Waals surface area contributed by atoms with E-state index in [4.69, 9.17) is 0 Å². The Morgan fingerprint density at radius 3 is 2.33 bits per heavy atom. The monoisotopic (exact) mass is 295 g/mol. The van der Waals surface area contributed by atoms with Gasteiger partial charge in [-0.15, -0.1) is 0 Å². The lowest BCUT2D eigenvalue weighted by Gasteiger charge is -2.37. The molecule has 110 valence electrons. The second-order valence-corrected chi connectivity index (χ2v) is 11.7. The molecule has 21 heavy (non-hydrogen) atoms. The molecule has 0 heterocycles. The highest BCUT2D eigenvalue weighted by Crippen LogP contribution is 2.34. The number of fused-ring (bicyclic) bond motifs is 2. The summed E-state index contributed by atoms with van der Waals surface area (Å²) in [6.45, 7) is 11.7. The van der Waals surface area contributed by atoms with Crippen LogP contribution in [0.3, 0.4) is 0 Å². The van der Waals surface area contributed by atoms with Gasteiger partial charge in [0.1, 0.15) is 8.24 Å². The molecule has 0 radical (unpaired) electrons. The van der Waals surface area contributed by atoms with Crippen molar-refractivity contribution in [2.45, 2.75) is 39.4 Å². The first-order valence-corrected chi connectivity index (χ1v) is 10.8. The summed E-state index contributed by atoms with van der Waals surface area (Å²) in [4.78, 5) is 3.94. The fourth-order valence-electron chi connectivity index (χ4n) is 3.92. The van der Waals surface area contributed by atoms with Gasteiger partial charge in [0.15, 0.2) is 0 Å². The molecule has 0 amide bonds. The highest BCUT2D eigenvalue weighted by Gasteiger charge is 2.38. The van der Waals surface area contributed by atoms with Crippen LogP contribution in [0.4, 0.5) is 0 Å². The summed E-state index contributed by atoms with van der Waals surface area (Å²) in [5.74, 6) is 0.462. The normalized spacial score (nSPS) is 20.7. The topological polar surface area (TPSA) is 12.0 Å². The van der Waals surface area contributed by atoms with Gasteiger partial charge in [-0.1, -0.05) is 61.7 Å². The predicted octanol–water partition coefficient (Wildman–Crippen LogP) is 2.88. The van der Waals surface area contributed by atoms with Gasteiger partial charge in [-0.25, -0.2) is 0 Å². The van der Waals surface area contributed by atoms with Crippen molar-refractivity contribution >= 4 is 19.0 Å². The fraction of sp³-hybridized carbons (Fsp3) is 0.368. The first-order valence-electron chi connectivity index (χ1n) is 7.78. The maximum absolute atomic E-state index is 3.94. The molecule has 0 fully saturated rings. The van der Waals surface area contributed by atoms with Crippen molar-refractivity contribution in [2.24, 2.45) is 5.92 Å². The Kier molecular flexibility index (Phi) is 3.34. The van der Waals surface area contributed by atoms with Crippen LogP contribution in [0.25, 0.3) is 10.8 Å². The zero-order valence-corrected chi connectivity index (χ0v) is 14.7. The van der Waals surface area contributed by atoms with E-state index < -0.39 is 8.24 Å². The van der Waals surface area contributed by atoms with Crippen molar-refractivity contribution in [2.75, 3.05) is 0 Å². The van der Waals surface area contributed by atoms with E-state index in [2.05, 4.69) is 87.4 Å². The van der Waals surface area contributed by atoms with E-state index in [-0.39, 0.29) is 5.54 Å². The van der Waals surface area contributed by atoms with Gasteiger partial charge < -0.3 is 4.98 Å². The molecule has 0 saturated carbocycles. The fourth-order valence-corrected chi connectivity index (χ4v) is 7.85. The summed E-state index contributed by atoms with van der Waals surface area (Å²) < 4.78 is 0. The largest absolute Gasteiger partial charge is 0.329 e. The van der Waals surface area contributed by atoms with E-state index >= 15 is 0 Å². The third-order valence-electron chi connectivity index (χ3n) is 4.23. The Balaban J connectivity index is 2.24. The van der Waals surface area contributed by atoms with Gasteiger partial charge in [-0.3, -0.25) is 0 Å². The van der Waals surface area contributed by atoms with Crippen LogP contribution in [0.1, 0.15) is 20.8 Å². The number of benzene rings is 1. The van der Waals surface area contributed by atoms with Crippen molar-refractivity contribution in [1.82, 2.24) is 4.98 Å². The molecule has 1 nitrogen and oxygen atoms in total. The first-order chi connectivity index (χ1) is 9.80. The number of rotatable bonds is 2. The molecule has 0 saturated heterocycles. The molecule has 2 aliphatic rings. The van der Waals surface area contributed by atoms with Gasteiger partial charge in [0.25, 0.3) is 0 Å². The number of nitrogens with one attached hydrogen (secondary N) is 1. The third-order valence-corrected chi connectivity index (χ3v) is 7.53.